The number of carboxylic acids is 1. The van der Waals surface area contributed by atoms with Crippen LogP contribution < -0.4 is 0 Å². The Morgan fingerprint density at radius 1 is 0.575 bits per heavy atom. The fourth-order valence-corrected chi connectivity index (χ4v) is 4.61. The minimum absolute atomic E-state index is 0.00904. The molecule has 0 saturated heterocycles. The molecule has 0 aliphatic rings. The Bertz CT molecular complexity index is 671. The Balaban J connectivity index is 0. The van der Waals surface area contributed by atoms with E-state index in [4.69, 9.17) is 83.5 Å². The highest BCUT2D eigenvalue weighted by atomic mass is 35.5. The lowest BCUT2D eigenvalue weighted by Gasteiger charge is -2.10. The molecule has 0 bridgehead atoms. The molecule has 0 amide bonds. The number of carboxylic acid groups (broad SMARTS) is 1. The van der Waals surface area contributed by atoms with Gasteiger partial charge in [-0.3, -0.25) is 4.79 Å². The number of rotatable bonds is 19. The molecule has 7 nitrogen and oxygen atoms in total. The van der Waals surface area contributed by atoms with Gasteiger partial charge in [-0.25, -0.2) is 0 Å². The van der Waals surface area contributed by atoms with Gasteiger partial charge in [0.2, 0.25) is 0 Å². The Morgan fingerprint density at radius 3 is 1.12 bits per heavy atom. The number of aliphatic hydroxyl groups is 4. The molecule has 0 aliphatic heterocycles. The normalized spacial score (nSPS) is 12.2. The van der Waals surface area contributed by atoms with Crippen LogP contribution in [0.5, 0.6) is 5.75 Å². The van der Waals surface area contributed by atoms with Gasteiger partial charge >= 0.3 is 5.97 Å². The van der Waals surface area contributed by atoms with Gasteiger partial charge in [0.15, 0.2) is 5.75 Å². The van der Waals surface area contributed by atoms with Crippen molar-refractivity contribution in [3.8, 4) is 5.75 Å². The van der Waals surface area contributed by atoms with Crippen LogP contribution in [0.25, 0.3) is 0 Å². The van der Waals surface area contributed by atoms with E-state index in [1.807, 2.05) is 0 Å². The van der Waals surface area contributed by atoms with Crippen molar-refractivity contribution < 1.29 is 35.4 Å². The van der Waals surface area contributed by atoms with Gasteiger partial charge in [-0.2, -0.15) is 0 Å². The minimum Gasteiger partial charge on any atom is -0.505 e. The number of unbranched alkanes of at least 4 members (excludes halogenated alkanes) is 14. The zero-order valence-corrected chi connectivity index (χ0v) is 27.1. The summed E-state index contributed by atoms with van der Waals surface area (Å²) in [5, 5.41) is 50.7. The van der Waals surface area contributed by atoms with Gasteiger partial charge in [-0.05, 0) is 6.42 Å². The van der Waals surface area contributed by atoms with Crippen molar-refractivity contribution in [2.75, 3.05) is 13.2 Å². The van der Waals surface area contributed by atoms with Crippen LogP contribution >= 0.6 is 58.0 Å². The molecule has 0 spiro atoms. The number of hydrogen-bond donors (Lipinski definition) is 6. The van der Waals surface area contributed by atoms with E-state index in [0.717, 1.165) is 12.8 Å². The quantitative estimate of drug-likeness (QED) is 0.0491. The predicted molar refractivity (Wildman–Crippen MR) is 167 cm³/mol. The number of halogens is 5. The van der Waals surface area contributed by atoms with Crippen LogP contribution in [0.4, 0.5) is 0 Å². The molecule has 0 radical (unpaired) electrons. The summed E-state index contributed by atoms with van der Waals surface area (Å²) in [6.45, 7) is 1.22. The molecule has 1 aromatic rings. The molecule has 0 fully saturated rings. The van der Waals surface area contributed by atoms with Gasteiger partial charge in [0.25, 0.3) is 0 Å². The van der Waals surface area contributed by atoms with Gasteiger partial charge in [-0.15, -0.1) is 0 Å². The van der Waals surface area contributed by atoms with Crippen LogP contribution in [0.1, 0.15) is 110 Å². The van der Waals surface area contributed by atoms with Gasteiger partial charge in [-0.1, -0.05) is 155 Å². The molecule has 236 valence electrons. The first-order valence-corrected chi connectivity index (χ1v) is 15.8. The summed E-state index contributed by atoms with van der Waals surface area (Å²) in [5.74, 6) is -1.02. The molecule has 1 aromatic carbocycles. The van der Waals surface area contributed by atoms with Crippen LogP contribution in [0.15, 0.2) is 0 Å². The largest absolute Gasteiger partial charge is 0.505 e. The lowest BCUT2D eigenvalue weighted by Crippen LogP contribution is -2.31. The van der Waals surface area contributed by atoms with Crippen molar-refractivity contribution in [3.05, 3.63) is 25.1 Å². The number of hydrogen-bond acceptors (Lipinski definition) is 6. The van der Waals surface area contributed by atoms with Crippen molar-refractivity contribution in [3.63, 3.8) is 0 Å². The number of benzene rings is 1. The molecule has 0 aromatic heterocycles. The average molecular weight is 673 g/mol. The summed E-state index contributed by atoms with van der Waals surface area (Å²) in [6, 6.07) is 0. The first-order chi connectivity index (χ1) is 19.0. The summed E-state index contributed by atoms with van der Waals surface area (Å²) >= 11 is 27.9. The SMILES string of the molecule is CCCCCCCCCCCCCCCCCC(=O)O.OCC(O)C(O)CO.Oc1c(Cl)c(Cl)c(Cl)c(Cl)c1Cl. The van der Waals surface area contributed by atoms with Crippen LogP contribution in [0.3, 0.4) is 0 Å². The number of aliphatic carboxylic acids is 1. The van der Waals surface area contributed by atoms with E-state index in [1.165, 1.54) is 83.5 Å². The van der Waals surface area contributed by atoms with E-state index in [9.17, 15) is 9.90 Å². The van der Waals surface area contributed by atoms with Crippen LogP contribution in [-0.2, 0) is 4.79 Å². The molecule has 40 heavy (non-hydrogen) atoms. The monoisotopic (exact) mass is 670 g/mol. The number of carbonyl (C=O) groups is 1. The van der Waals surface area contributed by atoms with Crippen molar-refractivity contribution in [2.24, 2.45) is 0 Å². The van der Waals surface area contributed by atoms with Crippen LogP contribution in [0, 0.1) is 0 Å². The van der Waals surface area contributed by atoms with E-state index < -0.39 is 31.4 Å². The summed E-state index contributed by atoms with van der Waals surface area (Å²) in [7, 11) is 0. The zero-order chi connectivity index (χ0) is 30.9. The summed E-state index contributed by atoms with van der Waals surface area (Å²) in [4.78, 5) is 10.3. The molecule has 1 rings (SSSR count). The lowest BCUT2D eigenvalue weighted by molar-refractivity contribution is -0.137. The highest BCUT2D eigenvalue weighted by Gasteiger charge is 2.18. The molecular weight excluding hydrogens is 626 g/mol. The second-order valence-electron chi connectivity index (χ2n) is 9.51. The number of aromatic hydroxyl groups is 1. The van der Waals surface area contributed by atoms with Crippen molar-refractivity contribution >= 4 is 64.0 Å². The Labute approximate surface area is 264 Å². The fourth-order valence-electron chi connectivity index (χ4n) is 3.48. The highest BCUT2D eigenvalue weighted by Crippen LogP contribution is 2.47. The van der Waals surface area contributed by atoms with Gasteiger partial charge in [0, 0.05) is 6.42 Å². The molecule has 2 atom stereocenters. The predicted octanol–water partition coefficient (Wildman–Crippen LogP) is 8.68. The zero-order valence-electron chi connectivity index (χ0n) is 23.4. The van der Waals surface area contributed by atoms with E-state index in [-0.39, 0.29) is 30.9 Å². The topological polar surface area (TPSA) is 138 Å². The molecular formula is C28H47Cl5O7. The first-order valence-electron chi connectivity index (χ1n) is 14.0. The summed E-state index contributed by atoms with van der Waals surface area (Å²) < 4.78 is 0. The third-order valence-electron chi connectivity index (χ3n) is 6.00. The maximum absolute atomic E-state index is 10.3. The highest BCUT2D eigenvalue weighted by molar-refractivity contribution is 6.55. The number of aliphatic hydroxyl groups excluding tert-OH is 4. The fraction of sp³-hybridized carbons (Fsp3) is 0.750. The second kappa shape index (κ2) is 27.6. The molecule has 12 heteroatoms. The van der Waals surface area contributed by atoms with E-state index >= 15 is 0 Å². The average Bonchev–Trinajstić information content (AvgIpc) is 2.95. The molecule has 0 saturated carbocycles. The minimum atomic E-state index is -1.22. The van der Waals surface area contributed by atoms with Crippen molar-refractivity contribution in [2.45, 2.75) is 122 Å². The van der Waals surface area contributed by atoms with Gasteiger partial charge in [0.05, 0.1) is 28.3 Å². The van der Waals surface area contributed by atoms with Crippen LogP contribution in [-0.4, -0.2) is 62.0 Å². The maximum atomic E-state index is 10.3. The third-order valence-corrected chi connectivity index (χ3v) is 8.26. The van der Waals surface area contributed by atoms with Crippen molar-refractivity contribution in [1.29, 1.82) is 0 Å². The van der Waals surface area contributed by atoms with Gasteiger partial charge < -0.3 is 30.6 Å². The van der Waals surface area contributed by atoms with Crippen LogP contribution in [0.2, 0.25) is 25.1 Å². The molecule has 0 heterocycles. The first kappa shape index (κ1) is 41.9. The number of phenolic OH excluding ortho intramolecular Hbond substituents is 1. The smallest absolute Gasteiger partial charge is 0.303 e. The maximum Gasteiger partial charge on any atom is 0.303 e. The molecule has 0 aliphatic carbocycles. The Morgan fingerprint density at radius 2 is 0.850 bits per heavy atom. The molecule has 6 N–H and O–H groups in total. The van der Waals surface area contributed by atoms with E-state index in [1.54, 1.807) is 0 Å². The standard InChI is InChI=1S/C18H36O2.C6HCl5O.C4H10O4/c1-2-3-4-5-6-7-8-9-10-11-12-13-14-15-16-17-18(19)20;7-1-2(8)4(10)6(12)5(11)3(1)9;5-1-3(7)4(8)2-6/h2-17H2,1H3,(H,19,20);12H;3-8H,1-2H2. The van der Waals surface area contributed by atoms with E-state index in [0.29, 0.717) is 6.42 Å². The summed E-state index contributed by atoms with van der Waals surface area (Å²) in [5.41, 5.74) is 0. The lowest BCUT2D eigenvalue weighted by atomic mass is 10.0. The Hall–Kier alpha value is -0.220. The van der Waals surface area contributed by atoms with Crippen molar-refractivity contribution in [1.82, 2.24) is 0 Å². The third kappa shape index (κ3) is 21.5. The Kier molecular flexibility index (Phi) is 28.9. The summed E-state index contributed by atoms with van der Waals surface area (Å²) in [6.07, 6.45) is 17.8. The number of phenols is 1. The van der Waals surface area contributed by atoms with E-state index in [2.05, 4.69) is 6.92 Å². The van der Waals surface area contributed by atoms with Gasteiger partial charge in [0.1, 0.15) is 22.3 Å². The second-order valence-corrected chi connectivity index (χ2v) is 11.4. The molecule has 2 unspecified atom stereocenters.